The molecule has 1 rings (SSSR count). The Kier molecular flexibility index (Phi) is 10.1. The molecule has 0 heterocycles. The van der Waals surface area contributed by atoms with Gasteiger partial charge in [-0.3, -0.25) is 0 Å². The Morgan fingerprint density at radius 2 is 1.73 bits per heavy atom. The molecule has 0 amide bonds. The van der Waals surface area contributed by atoms with Crippen molar-refractivity contribution < 1.29 is 0 Å². The van der Waals surface area contributed by atoms with E-state index in [1.165, 1.54) is 35.5 Å². The van der Waals surface area contributed by atoms with Gasteiger partial charge in [-0.25, -0.2) is 0 Å². The van der Waals surface area contributed by atoms with Crippen LogP contribution < -0.4 is 9.97 Å². The van der Waals surface area contributed by atoms with Gasteiger partial charge >= 0.3 is 64.1 Å². The minimum atomic E-state index is 0.641. The molecule has 0 spiro atoms. The van der Waals surface area contributed by atoms with Crippen LogP contribution in [0.25, 0.3) is 0 Å². The van der Waals surface area contributed by atoms with Crippen molar-refractivity contribution in [2.75, 3.05) is 0 Å². The molecule has 1 aromatic rings. The van der Waals surface area contributed by atoms with Crippen molar-refractivity contribution >= 4 is 22.0 Å². The normalized spacial score (nSPS) is 9.40. The Morgan fingerprint density at radius 1 is 1.13 bits per heavy atom. The molecule has 1 nitrogen and oxygen atoms in total. The topological polar surface area (TPSA) is 26.0 Å². The van der Waals surface area contributed by atoms with Crippen LogP contribution in [0.1, 0.15) is 45.1 Å². The standard InChI is InChI=1S/C7H8N.C6H14.Li/c8-6-7-4-2-1-3-5-7;1-3-5-6-4-2;/h1-2,4-5H,6,8H2;3-6H2,1-2H3;. The second-order valence-electron chi connectivity index (χ2n) is 3.90. The first kappa shape index (κ1) is 14.8. The molecule has 1 aromatic carbocycles. The minimum absolute atomic E-state index is 0.641. The molecular weight excluding hydrogens is 177 g/mol. The molecule has 0 fully saturated rings. The van der Waals surface area contributed by atoms with E-state index < -0.39 is 0 Å². The molecule has 0 atom stereocenters. The molecule has 0 radical (unpaired) electrons. The summed E-state index contributed by atoms with van der Waals surface area (Å²) < 4.78 is 1.28. The summed E-state index contributed by atoms with van der Waals surface area (Å²) in [7, 11) is 0. The Hall–Kier alpha value is -0.223. The quantitative estimate of drug-likeness (QED) is 0.585. The van der Waals surface area contributed by atoms with Crippen molar-refractivity contribution in [3.05, 3.63) is 29.8 Å². The summed E-state index contributed by atoms with van der Waals surface area (Å²) in [4.78, 5) is 0. The third-order valence-corrected chi connectivity index (χ3v) is 2.28. The van der Waals surface area contributed by atoms with Crippen LogP contribution in [0.2, 0.25) is 0 Å². The van der Waals surface area contributed by atoms with E-state index in [-0.39, 0.29) is 0 Å². The Bertz CT molecular complexity index is 244. The van der Waals surface area contributed by atoms with Crippen molar-refractivity contribution in [2.24, 2.45) is 5.73 Å². The van der Waals surface area contributed by atoms with Crippen LogP contribution in [0, 0.1) is 0 Å². The van der Waals surface area contributed by atoms with E-state index in [2.05, 4.69) is 43.7 Å². The summed E-state index contributed by atoms with van der Waals surface area (Å²) in [6.45, 7) is 5.10. The van der Waals surface area contributed by atoms with Gasteiger partial charge in [0, 0.05) is 0 Å². The number of nitrogens with two attached hydrogens (primary N) is 1. The van der Waals surface area contributed by atoms with Crippen molar-refractivity contribution in [1.82, 2.24) is 0 Å². The first-order valence-electron chi connectivity index (χ1n) is 6.00. The van der Waals surface area contributed by atoms with E-state index in [4.69, 9.17) is 5.73 Å². The zero-order chi connectivity index (χ0) is 11.5. The third-order valence-electron chi connectivity index (χ3n) is 2.28. The molecule has 2 heteroatoms. The molecule has 0 bridgehead atoms. The number of unbranched alkanes of at least 4 members (excludes halogenated alkanes) is 3. The maximum atomic E-state index is 5.42. The average molecular weight is 199 g/mol. The summed E-state index contributed by atoms with van der Waals surface area (Å²) in [5.41, 5.74) is 6.62. The van der Waals surface area contributed by atoms with Gasteiger partial charge in [-0.1, -0.05) is 39.5 Å². The van der Waals surface area contributed by atoms with Gasteiger partial charge in [-0.2, -0.15) is 0 Å². The molecule has 0 unspecified atom stereocenters. The Balaban J connectivity index is 0.000000288. The Labute approximate surface area is 104 Å². The van der Waals surface area contributed by atoms with Gasteiger partial charge in [-0.15, -0.1) is 0 Å². The van der Waals surface area contributed by atoms with Crippen molar-refractivity contribution in [3.8, 4) is 0 Å². The summed E-state index contributed by atoms with van der Waals surface area (Å²) >= 11 is 2.07. The van der Waals surface area contributed by atoms with Gasteiger partial charge in [0.15, 0.2) is 0 Å². The second kappa shape index (κ2) is 10.3. The maximum absolute atomic E-state index is 5.42. The molecule has 0 aromatic heterocycles. The SMILES string of the molecule is CCCCCC.[Li][c]1cccc(CN)c1. The number of hydrogen-bond acceptors (Lipinski definition) is 1. The van der Waals surface area contributed by atoms with E-state index >= 15 is 0 Å². The first-order chi connectivity index (χ1) is 7.24. The number of benzene rings is 1. The zero-order valence-electron chi connectivity index (χ0n) is 10.4. The number of rotatable bonds is 4. The molecule has 0 aliphatic rings. The van der Waals surface area contributed by atoms with Crippen molar-refractivity contribution in [3.63, 3.8) is 0 Å². The van der Waals surface area contributed by atoms with Crippen LogP contribution in [0.15, 0.2) is 24.3 Å². The summed E-state index contributed by atoms with van der Waals surface area (Å²) in [5.74, 6) is 0. The fraction of sp³-hybridized carbons (Fsp3) is 0.538. The molecule has 0 aliphatic heterocycles. The van der Waals surface area contributed by atoms with Crippen LogP contribution >= 0.6 is 0 Å². The van der Waals surface area contributed by atoms with Crippen LogP contribution in [0.4, 0.5) is 0 Å². The molecular formula is C13H22LiN. The molecule has 0 saturated heterocycles. The second-order valence-corrected chi connectivity index (χ2v) is 3.90. The molecule has 15 heavy (non-hydrogen) atoms. The van der Waals surface area contributed by atoms with Gasteiger partial charge in [0.05, 0.1) is 0 Å². The van der Waals surface area contributed by atoms with Crippen LogP contribution in [-0.4, -0.2) is 17.7 Å². The molecule has 0 aliphatic carbocycles. The Morgan fingerprint density at radius 3 is 2.07 bits per heavy atom. The average Bonchev–Trinajstić information content (AvgIpc) is 2.27. The summed E-state index contributed by atoms with van der Waals surface area (Å²) in [6, 6.07) is 8.23. The fourth-order valence-electron chi connectivity index (χ4n) is 1.34. The third kappa shape index (κ3) is 8.75. The first-order valence-corrected chi connectivity index (χ1v) is 6.00. The van der Waals surface area contributed by atoms with Crippen LogP contribution in [-0.2, 0) is 6.54 Å². The van der Waals surface area contributed by atoms with Gasteiger partial charge in [0.25, 0.3) is 0 Å². The summed E-state index contributed by atoms with van der Waals surface area (Å²) in [6.07, 6.45) is 5.54. The fourth-order valence-corrected chi connectivity index (χ4v) is 1.34. The van der Waals surface area contributed by atoms with E-state index in [1.807, 2.05) is 12.1 Å². The van der Waals surface area contributed by atoms with Gasteiger partial charge in [-0.05, 0) is 0 Å². The zero-order valence-corrected chi connectivity index (χ0v) is 10.4. The monoisotopic (exact) mass is 199 g/mol. The molecule has 0 saturated carbocycles. The van der Waals surface area contributed by atoms with E-state index in [9.17, 15) is 0 Å². The van der Waals surface area contributed by atoms with Crippen molar-refractivity contribution in [1.29, 1.82) is 0 Å². The van der Waals surface area contributed by atoms with Gasteiger partial charge < -0.3 is 0 Å². The molecule has 2 N–H and O–H groups in total. The van der Waals surface area contributed by atoms with Crippen LogP contribution in [0.5, 0.6) is 0 Å². The van der Waals surface area contributed by atoms with Crippen LogP contribution in [0.3, 0.4) is 0 Å². The summed E-state index contributed by atoms with van der Waals surface area (Å²) in [5, 5.41) is 0. The van der Waals surface area contributed by atoms with Gasteiger partial charge in [0.1, 0.15) is 0 Å². The number of hydrogen-bond donors (Lipinski definition) is 1. The van der Waals surface area contributed by atoms with E-state index in [0.29, 0.717) is 6.54 Å². The van der Waals surface area contributed by atoms with Crippen molar-refractivity contribution in [2.45, 2.75) is 46.1 Å². The van der Waals surface area contributed by atoms with E-state index in [1.54, 1.807) is 0 Å². The molecule has 80 valence electrons. The predicted molar refractivity (Wildman–Crippen MR) is 69.5 cm³/mol. The van der Waals surface area contributed by atoms with Gasteiger partial charge in [0.2, 0.25) is 0 Å². The van der Waals surface area contributed by atoms with E-state index in [0.717, 1.165) is 0 Å². The predicted octanol–water partition coefficient (Wildman–Crippen LogP) is 2.53.